The van der Waals surface area contributed by atoms with Crippen molar-refractivity contribution in [1.82, 2.24) is 4.90 Å². The topological polar surface area (TPSA) is 34.8 Å². The van der Waals surface area contributed by atoms with E-state index in [2.05, 4.69) is 47.6 Å². The predicted molar refractivity (Wildman–Crippen MR) is 109 cm³/mol. The van der Waals surface area contributed by atoms with Crippen molar-refractivity contribution in [1.29, 1.82) is 0 Å². The van der Waals surface area contributed by atoms with Gasteiger partial charge < -0.3 is 13.9 Å². The number of ether oxygens (including phenoxy) is 2. The molecule has 0 saturated heterocycles. The summed E-state index contributed by atoms with van der Waals surface area (Å²) in [5.41, 5.74) is 3.46. The molecule has 2 aromatic carbocycles. The molecule has 27 heavy (non-hydrogen) atoms. The summed E-state index contributed by atoms with van der Waals surface area (Å²) in [6.45, 7) is 3.04. The largest absolute Gasteiger partial charge is 0.493 e. The molecule has 0 unspecified atom stereocenters. The first-order valence-electron chi connectivity index (χ1n) is 8.99. The zero-order valence-electron chi connectivity index (χ0n) is 15.6. The van der Waals surface area contributed by atoms with E-state index in [4.69, 9.17) is 13.9 Å². The highest BCUT2D eigenvalue weighted by atomic mass is 32.2. The Hall–Kier alpha value is -2.37. The van der Waals surface area contributed by atoms with E-state index in [0.717, 1.165) is 48.0 Å². The lowest BCUT2D eigenvalue weighted by atomic mass is 10.0. The molecule has 0 bridgehead atoms. The number of thioether (sulfide) groups is 1. The summed E-state index contributed by atoms with van der Waals surface area (Å²) in [6, 6.07) is 16.8. The van der Waals surface area contributed by atoms with Crippen LogP contribution < -0.4 is 9.47 Å². The molecule has 0 radical (unpaired) electrons. The van der Waals surface area contributed by atoms with Gasteiger partial charge in [0.25, 0.3) is 0 Å². The normalized spacial score (nSPS) is 14.3. The third kappa shape index (κ3) is 3.99. The average Bonchev–Trinajstić information content (AvgIpc) is 3.13. The lowest BCUT2D eigenvalue weighted by Gasteiger charge is -2.18. The van der Waals surface area contributed by atoms with Crippen LogP contribution in [0.15, 0.2) is 64.1 Å². The molecular formula is C22H23NO3S. The van der Waals surface area contributed by atoms with Crippen molar-refractivity contribution in [3.8, 4) is 22.6 Å². The van der Waals surface area contributed by atoms with Crippen molar-refractivity contribution < 1.29 is 13.9 Å². The van der Waals surface area contributed by atoms with Crippen molar-refractivity contribution in [2.75, 3.05) is 26.5 Å². The van der Waals surface area contributed by atoms with Gasteiger partial charge in [-0.3, -0.25) is 4.90 Å². The minimum absolute atomic E-state index is 0.631. The third-order valence-electron chi connectivity index (χ3n) is 4.78. The zero-order valence-corrected chi connectivity index (χ0v) is 16.4. The zero-order chi connectivity index (χ0) is 18.6. The Bertz CT molecular complexity index is 891. The Balaban J connectivity index is 1.67. The van der Waals surface area contributed by atoms with E-state index in [-0.39, 0.29) is 0 Å². The lowest BCUT2D eigenvalue weighted by Crippen LogP contribution is -2.25. The van der Waals surface area contributed by atoms with E-state index >= 15 is 0 Å². The van der Waals surface area contributed by atoms with E-state index in [1.807, 2.05) is 12.1 Å². The number of hydrogen-bond acceptors (Lipinski definition) is 5. The molecule has 5 heteroatoms. The maximum absolute atomic E-state index is 6.05. The Kier molecular flexibility index (Phi) is 5.41. The molecule has 1 aromatic heterocycles. The van der Waals surface area contributed by atoms with E-state index in [9.17, 15) is 0 Å². The first-order valence-corrected chi connectivity index (χ1v) is 10.2. The molecular weight excluding hydrogens is 358 g/mol. The van der Waals surface area contributed by atoms with Gasteiger partial charge in [-0.2, -0.15) is 0 Å². The van der Waals surface area contributed by atoms with Gasteiger partial charge in [0.1, 0.15) is 12.4 Å². The Morgan fingerprint density at radius 2 is 1.96 bits per heavy atom. The van der Waals surface area contributed by atoms with E-state index in [1.54, 1.807) is 25.1 Å². The number of rotatable bonds is 5. The molecule has 0 atom stereocenters. The highest BCUT2D eigenvalue weighted by Gasteiger charge is 2.21. The molecule has 0 aliphatic carbocycles. The SMILES string of the molecule is COc1cc(-c2ccc(SC)cc2)cc2c1OCCN(Cc1ccco1)C2. The van der Waals surface area contributed by atoms with Crippen LogP contribution in [0.2, 0.25) is 0 Å². The second-order valence-corrected chi connectivity index (χ2v) is 7.41. The number of fused-ring (bicyclic) bond motifs is 1. The summed E-state index contributed by atoms with van der Waals surface area (Å²) in [6.07, 6.45) is 3.81. The fourth-order valence-corrected chi connectivity index (χ4v) is 3.81. The van der Waals surface area contributed by atoms with E-state index in [1.165, 1.54) is 10.5 Å². The summed E-state index contributed by atoms with van der Waals surface area (Å²) in [5, 5.41) is 0. The summed E-state index contributed by atoms with van der Waals surface area (Å²) < 4.78 is 17.2. The Morgan fingerprint density at radius 3 is 2.67 bits per heavy atom. The predicted octanol–water partition coefficient (Wildman–Crippen LogP) is 5.07. The van der Waals surface area contributed by atoms with Gasteiger partial charge in [0.15, 0.2) is 11.5 Å². The fourth-order valence-electron chi connectivity index (χ4n) is 3.40. The third-order valence-corrected chi connectivity index (χ3v) is 5.53. The first-order chi connectivity index (χ1) is 13.3. The van der Waals surface area contributed by atoms with Crippen LogP contribution in [0.4, 0.5) is 0 Å². The van der Waals surface area contributed by atoms with Crippen molar-refractivity contribution in [3.05, 3.63) is 66.1 Å². The quantitative estimate of drug-likeness (QED) is 0.577. The molecule has 2 heterocycles. The smallest absolute Gasteiger partial charge is 0.165 e. The molecule has 0 fully saturated rings. The van der Waals surface area contributed by atoms with Crippen molar-refractivity contribution >= 4 is 11.8 Å². The highest BCUT2D eigenvalue weighted by Crippen LogP contribution is 2.38. The van der Waals surface area contributed by atoms with Crippen LogP contribution in [-0.2, 0) is 13.1 Å². The standard InChI is InChI=1S/C22H23NO3S/c1-24-21-13-17(16-5-7-20(27-2)8-6-16)12-18-14-23(9-11-26-22(18)21)15-19-4-3-10-25-19/h3-8,10,12-13H,9,11,14-15H2,1-2H3. The highest BCUT2D eigenvalue weighted by molar-refractivity contribution is 7.98. The monoisotopic (exact) mass is 381 g/mol. The van der Waals surface area contributed by atoms with E-state index < -0.39 is 0 Å². The maximum atomic E-state index is 6.05. The van der Waals surface area contributed by atoms with Crippen molar-refractivity contribution in [2.45, 2.75) is 18.0 Å². The van der Waals surface area contributed by atoms with Gasteiger partial charge in [-0.05, 0) is 53.8 Å². The number of nitrogens with zero attached hydrogens (tertiary/aromatic N) is 1. The summed E-state index contributed by atoms with van der Waals surface area (Å²) >= 11 is 1.75. The van der Waals surface area contributed by atoms with Gasteiger partial charge in [0, 0.05) is 23.5 Å². The molecule has 140 valence electrons. The van der Waals surface area contributed by atoms with Crippen LogP contribution in [0.1, 0.15) is 11.3 Å². The minimum atomic E-state index is 0.631. The number of methoxy groups -OCH3 is 1. The number of hydrogen-bond donors (Lipinski definition) is 0. The van der Waals surface area contributed by atoms with Crippen molar-refractivity contribution in [2.24, 2.45) is 0 Å². The molecule has 0 N–H and O–H groups in total. The molecule has 1 aliphatic rings. The second kappa shape index (κ2) is 8.11. The molecule has 0 amide bonds. The first kappa shape index (κ1) is 18.0. The summed E-state index contributed by atoms with van der Waals surface area (Å²) in [5.74, 6) is 2.61. The molecule has 4 rings (SSSR count). The molecule has 0 spiro atoms. The van der Waals surface area contributed by atoms with Gasteiger partial charge >= 0.3 is 0 Å². The molecule has 1 aliphatic heterocycles. The van der Waals surface area contributed by atoms with E-state index in [0.29, 0.717) is 6.61 Å². The van der Waals surface area contributed by atoms with Gasteiger partial charge in [0.05, 0.1) is 19.9 Å². The van der Waals surface area contributed by atoms with Crippen LogP contribution in [0.25, 0.3) is 11.1 Å². The minimum Gasteiger partial charge on any atom is -0.493 e. The van der Waals surface area contributed by atoms with Gasteiger partial charge in [-0.25, -0.2) is 0 Å². The van der Waals surface area contributed by atoms with Crippen LogP contribution in [0.5, 0.6) is 11.5 Å². The Morgan fingerprint density at radius 1 is 1.11 bits per heavy atom. The molecule has 4 nitrogen and oxygen atoms in total. The average molecular weight is 381 g/mol. The second-order valence-electron chi connectivity index (χ2n) is 6.53. The fraction of sp³-hybridized carbons (Fsp3) is 0.273. The molecule has 3 aromatic rings. The van der Waals surface area contributed by atoms with Crippen LogP contribution in [-0.4, -0.2) is 31.4 Å². The Labute approximate surface area is 164 Å². The van der Waals surface area contributed by atoms with Gasteiger partial charge in [-0.1, -0.05) is 12.1 Å². The van der Waals surface area contributed by atoms with Gasteiger partial charge in [-0.15, -0.1) is 11.8 Å². The maximum Gasteiger partial charge on any atom is 0.165 e. The number of furan rings is 1. The van der Waals surface area contributed by atoms with Gasteiger partial charge in [0.2, 0.25) is 0 Å². The van der Waals surface area contributed by atoms with Crippen LogP contribution in [0, 0.1) is 0 Å². The summed E-state index contributed by atoms with van der Waals surface area (Å²) in [7, 11) is 1.70. The number of benzene rings is 2. The van der Waals surface area contributed by atoms with Crippen LogP contribution >= 0.6 is 11.8 Å². The summed E-state index contributed by atoms with van der Waals surface area (Å²) in [4.78, 5) is 3.60. The molecule has 0 saturated carbocycles. The van der Waals surface area contributed by atoms with Crippen molar-refractivity contribution in [3.63, 3.8) is 0 Å². The lowest BCUT2D eigenvalue weighted by molar-refractivity contribution is 0.204. The van der Waals surface area contributed by atoms with Crippen LogP contribution in [0.3, 0.4) is 0 Å².